The summed E-state index contributed by atoms with van der Waals surface area (Å²) in [4.78, 5) is 17.8. The first-order valence-corrected chi connectivity index (χ1v) is 10.7. The lowest BCUT2D eigenvalue weighted by atomic mass is 10.1. The van der Waals surface area contributed by atoms with Gasteiger partial charge >= 0.3 is 12.2 Å². The van der Waals surface area contributed by atoms with Crippen LogP contribution in [0.2, 0.25) is 4.34 Å². The molecule has 1 atom stereocenters. The molecule has 2 aromatic rings. The Morgan fingerprint density at radius 3 is 2.40 bits per heavy atom. The van der Waals surface area contributed by atoms with E-state index in [0.29, 0.717) is 13.1 Å². The Morgan fingerprint density at radius 1 is 1.17 bits per heavy atom. The fourth-order valence-electron chi connectivity index (χ4n) is 3.14. The lowest BCUT2D eigenvalue weighted by molar-refractivity contribution is -0.153. The number of piperazine rings is 1. The Bertz CT molecular complexity index is 837. The number of hydrogen-bond donors (Lipinski definition) is 1. The van der Waals surface area contributed by atoms with Gasteiger partial charge in [-0.2, -0.15) is 13.2 Å². The first-order chi connectivity index (χ1) is 14.2. The number of carbonyl (C=O) groups excluding carboxylic acids is 1. The highest BCUT2D eigenvalue weighted by molar-refractivity contribution is 7.16. The maximum Gasteiger partial charge on any atom is 0.422 e. The summed E-state index contributed by atoms with van der Waals surface area (Å²) in [7, 11) is 0. The standard InChI is InChI=1S/C20H23ClF3N3O2S/c1-14(15-2-4-16(5-3-15)29-13-20(22,23)24)25-19(28)27-10-8-26(9-11-27)12-17-6-7-18(21)30-17/h2-7,14H,8-13H2,1H3,(H,25,28). The molecule has 1 aliphatic heterocycles. The van der Waals surface area contributed by atoms with Crippen molar-refractivity contribution in [1.29, 1.82) is 0 Å². The van der Waals surface area contributed by atoms with Crippen LogP contribution in [0.1, 0.15) is 23.4 Å². The Labute approximate surface area is 182 Å². The van der Waals surface area contributed by atoms with E-state index >= 15 is 0 Å². The molecule has 5 nitrogen and oxygen atoms in total. The fourth-order valence-corrected chi connectivity index (χ4v) is 4.27. The molecule has 1 saturated heterocycles. The number of nitrogens with zero attached hydrogens (tertiary/aromatic N) is 2. The highest BCUT2D eigenvalue weighted by Crippen LogP contribution is 2.24. The van der Waals surface area contributed by atoms with E-state index in [0.717, 1.165) is 29.5 Å². The lowest BCUT2D eigenvalue weighted by Crippen LogP contribution is -2.51. The van der Waals surface area contributed by atoms with Crippen LogP contribution >= 0.6 is 22.9 Å². The second kappa shape index (κ2) is 9.89. The monoisotopic (exact) mass is 461 g/mol. The molecule has 0 saturated carbocycles. The van der Waals surface area contributed by atoms with Crippen molar-refractivity contribution in [3.05, 3.63) is 51.2 Å². The number of hydrogen-bond acceptors (Lipinski definition) is 4. The highest BCUT2D eigenvalue weighted by Gasteiger charge is 2.28. The zero-order chi connectivity index (χ0) is 21.7. The van der Waals surface area contributed by atoms with Crippen molar-refractivity contribution in [2.45, 2.75) is 25.7 Å². The summed E-state index contributed by atoms with van der Waals surface area (Å²) in [5, 5.41) is 2.94. The smallest absolute Gasteiger partial charge is 0.422 e. The van der Waals surface area contributed by atoms with E-state index < -0.39 is 12.8 Å². The minimum atomic E-state index is -4.37. The van der Waals surface area contributed by atoms with Crippen molar-refractivity contribution in [3.8, 4) is 5.75 Å². The molecule has 0 spiro atoms. The highest BCUT2D eigenvalue weighted by atomic mass is 35.5. The first kappa shape index (κ1) is 22.7. The molecule has 1 unspecified atom stereocenters. The van der Waals surface area contributed by atoms with Crippen LogP contribution in [-0.4, -0.2) is 54.8 Å². The molecule has 1 aromatic heterocycles. The molecule has 0 radical (unpaired) electrons. The molecular weight excluding hydrogens is 439 g/mol. The average molecular weight is 462 g/mol. The van der Waals surface area contributed by atoms with E-state index in [-0.39, 0.29) is 17.8 Å². The second-order valence-electron chi connectivity index (χ2n) is 7.11. The molecule has 0 aliphatic carbocycles. The minimum absolute atomic E-state index is 0.137. The Hall–Kier alpha value is -1.97. The van der Waals surface area contributed by atoms with Gasteiger partial charge in [0.2, 0.25) is 0 Å². The molecule has 2 amide bonds. The van der Waals surface area contributed by atoms with Crippen molar-refractivity contribution in [2.24, 2.45) is 0 Å². The van der Waals surface area contributed by atoms with Crippen LogP contribution in [-0.2, 0) is 6.54 Å². The summed E-state index contributed by atoms with van der Waals surface area (Å²) >= 11 is 7.54. The number of benzene rings is 1. The van der Waals surface area contributed by atoms with Gasteiger partial charge in [-0.1, -0.05) is 23.7 Å². The van der Waals surface area contributed by atoms with E-state index in [9.17, 15) is 18.0 Å². The van der Waals surface area contributed by atoms with Crippen LogP contribution in [0.5, 0.6) is 5.75 Å². The van der Waals surface area contributed by atoms with Gasteiger partial charge in [0.05, 0.1) is 10.4 Å². The molecule has 164 valence electrons. The number of halogens is 4. The molecular formula is C20H23ClF3N3O2S. The SMILES string of the molecule is CC(NC(=O)N1CCN(Cc2ccc(Cl)s2)CC1)c1ccc(OCC(F)(F)F)cc1. The van der Waals surface area contributed by atoms with Crippen LogP contribution in [0.15, 0.2) is 36.4 Å². The van der Waals surface area contributed by atoms with Crippen LogP contribution in [0, 0.1) is 0 Å². The summed E-state index contributed by atoms with van der Waals surface area (Å²) in [5.74, 6) is 0.137. The Balaban J connectivity index is 1.44. The predicted molar refractivity (Wildman–Crippen MR) is 111 cm³/mol. The van der Waals surface area contributed by atoms with Gasteiger partial charge in [-0.05, 0) is 36.8 Å². The van der Waals surface area contributed by atoms with Gasteiger partial charge in [0.25, 0.3) is 0 Å². The molecule has 0 bridgehead atoms. The summed E-state index contributed by atoms with van der Waals surface area (Å²) in [5.41, 5.74) is 0.788. The maximum absolute atomic E-state index is 12.6. The zero-order valence-corrected chi connectivity index (χ0v) is 18.0. The normalized spacial score (nSPS) is 16.4. The molecule has 2 heterocycles. The number of alkyl halides is 3. The van der Waals surface area contributed by atoms with Crippen LogP contribution in [0.3, 0.4) is 0 Å². The van der Waals surface area contributed by atoms with Gasteiger partial charge in [-0.25, -0.2) is 4.79 Å². The summed E-state index contributed by atoms with van der Waals surface area (Å²) in [6, 6.07) is 9.73. The third-order valence-electron chi connectivity index (χ3n) is 4.79. The Morgan fingerprint density at radius 2 is 1.83 bits per heavy atom. The van der Waals surface area contributed by atoms with Crippen molar-refractivity contribution in [3.63, 3.8) is 0 Å². The van der Waals surface area contributed by atoms with Gasteiger partial charge in [-0.15, -0.1) is 11.3 Å². The quantitative estimate of drug-likeness (QED) is 0.663. The number of amides is 2. The van der Waals surface area contributed by atoms with Gasteiger partial charge in [-0.3, -0.25) is 4.90 Å². The van der Waals surface area contributed by atoms with Crippen LogP contribution in [0.25, 0.3) is 0 Å². The summed E-state index contributed by atoms with van der Waals surface area (Å²) < 4.78 is 42.1. The zero-order valence-electron chi connectivity index (χ0n) is 16.4. The van der Waals surface area contributed by atoms with Gasteiger partial charge in [0.1, 0.15) is 5.75 Å². The van der Waals surface area contributed by atoms with Gasteiger partial charge < -0.3 is 15.0 Å². The van der Waals surface area contributed by atoms with Gasteiger partial charge in [0, 0.05) is 37.6 Å². The maximum atomic E-state index is 12.6. The largest absolute Gasteiger partial charge is 0.484 e. The second-order valence-corrected chi connectivity index (χ2v) is 8.91. The Kier molecular flexibility index (Phi) is 7.49. The number of urea groups is 1. The topological polar surface area (TPSA) is 44.8 Å². The molecule has 1 aliphatic rings. The number of carbonyl (C=O) groups is 1. The van der Waals surface area contributed by atoms with E-state index in [2.05, 4.69) is 10.2 Å². The van der Waals surface area contributed by atoms with Gasteiger partial charge in [0.15, 0.2) is 6.61 Å². The molecule has 10 heteroatoms. The number of thiophene rings is 1. The third kappa shape index (κ3) is 6.78. The van der Waals surface area contributed by atoms with E-state index in [1.54, 1.807) is 28.4 Å². The first-order valence-electron chi connectivity index (χ1n) is 9.51. The summed E-state index contributed by atoms with van der Waals surface area (Å²) in [6.07, 6.45) is -4.37. The predicted octanol–water partition coefficient (Wildman–Crippen LogP) is 4.93. The molecule has 3 rings (SSSR count). The van der Waals surface area contributed by atoms with Crippen molar-refractivity contribution >= 4 is 29.0 Å². The fraction of sp³-hybridized carbons (Fsp3) is 0.450. The lowest BCUT2D eigenvalue weighted by Gasteiger charge is -2.35. The molecule has 1 aromatic carbocycles. The number of rotatable bonds is 6. The molecule has 1 N–H and O–H groups in total. The van der Waals surface area contributed by atoms with Crippen molar-refractivity contribution in [2.75, 3.05) is 32.8 Å². The number of nitrogens with one attached hydrogen (secondary N) is 1. The minimum Gasteiger partial charge on any atom is -0.484 e. The van der Waals surface area contributed by atoms with E-state index in [1.165, 1.54) is 17.0 Å². The average Bonchev–Trinajstić information content (AvgIpc) is 3.11. The third-order valence-corrected chi connectivity index (χ3v) is 6.01. The van der Waals surface area contributed by atoms with Crippen LogP contribution < -0.4 is 10.1 Å². The van der Waals surface area contributed by atoms with Crippen molar-refractivity contribution in [1.82, 2.24) is 15.1 Å². The molecule has 30 heavy (non-hydrogen) atoms. The van der Waals surface area contributed by atoms with Crippen molar-refractivity contribution < 1.29 is 22.7 Å². The van der Waals surface area contributed by atoms with E-state index in [1.807, 2.05) is 19.1 Å². The summed E-state index contributed by atoms with van der Waals surface area (Å²) in [6.45, 7) is 4.14. The molecule has 1 fully saturated rings. The van der Waals surface area contributed by atoms with Crippen LogP contribution in [0.4, 0.5) is 18.0 Å². The van der Waals surface area contributed by atoms with E-state index in [4.69, 9.17) is 16.3 Å². The number of ether oxygens (including phenoxy) is 1.